The second-order valence-corrected chi connectivity index (χ2v) is 5.93. The molecule has 1 aromatic carbocycles. The lowest BCUT2D eigenvalue weighted by atomic mass is 9.98. The molecule has 3 atom stereocenters. The Balaban J connectivity index is 1.69. The Morgan fingerprint density at radius 1 is 1.33 bits per heavy atom. The van der Waals surface area contributed by atoms with Crippen LogP contribution in [0, 0.1) is 24.6 Å². The van der Waals surface area contributed by atoms with Gasteiger partial charge in [-0.2, -0.15) is 0 Å². The SMILES string of the molecule is Cc1ccc(F)cc1CN1CC2CCC(N)C2C1. The van der Waals surface area contributed by atoms with Gasteiger partial charge in [-0.05, 0) is 54.9 Å². The minimum absolute atomic E-state index is 0.133. The topological polar surface area (TPSA) is 29.3 Å². The number of aryl methyl sites for hydroxylation is 1. The van der Waals surface area contributed by atoms with Gasteiger partial charge in [0.25, 0.3) is 0 Å². The number of halogens is 1. The van der Waals surface area contributed by atoms with Crippen LogP contribution in [0.3, 0.4) is 0 Å². The van der Waals surface area contributed by atoms with Gasteiger partial charge in [-0.3, -0.25) is 4.90 Å². The highest BCUT2D eigenvalue weighted by molar-refractivity contribution is 5.26. The quantitative estimate of drug-likeness (QED) is 0.870. The molecule has 1 aliphatic heterocycles. The summed E-state index contributed by atoms with van der Waals surface area (Å²) in [7, 11) is 0. The van der Waals surface area contributed by atoms with Crippen molar-refractivity contribution in [2.75, 3.05) is 13.1 Å². The van der Waals surface area contributed by atoms with Crippen LogP contribution >= 0.6 is 0 Å². The van der Waals surface area contributed by atoms with Crippen LogP contribution < -0.4 is 5.73 Å². The molecule has 1 aromatic rings. The van der Waals surface area contributed by atoms with Gasteiger partial charge in [0.1, 0.15) is 5.82 Å². The zero-order chi connectivity index (χ0) is 12.7. The fourth-order valence-electron chi connectivity index (χ4n) is 3.58. The Morgan fingerprint density at radius 3 is 2.94 bits per heavy atom. The predicted octanol–water partition coefficient (Wildman–Crippen LogP) is 2.30. The number of hydrogen-bond donors (Lipinski definition) is 1. The monoisotopic (exact) mass is 248 g/mol. The molecule has 0 aromatic heterocycles. The third kappa shape index (κ3) is 2.17. The van der Waals surface area contributed by atoms with Crippen LogP contribution in [0.5, 0.6) is 0 Å². The summed E-state index contributed by atoms with van der Waals surface area (Å²) >= 11 is 0. The Hall–Kier alpha value is -0.930. The average molecular weight is 248 g/mol. The molecule has 98 valence electrons. The van der Waals surface area contributed by atoms with Crippen LogP contribution in [-0.4, -0.2) is 24.0 Å². The van der Waals surface area contributed by atoms with Gasteiger partial charge in [0.2, 0.25) is 0 Å². The minimum atomic E-state index is -0.133. The van der Waals surface area contributed by atoms with E-state index in [1.165, 1.54) is 24.5 Å². The minimum Gasteiger partial charge on any atom is -0.327 e. The molecule has 18 heavy (non-hydrogen) atoms. The molecular weight excluding hydrogens is 227 g/mol. The van der Waals surface area contributed by atoms with Gasteiger partial charge in [0.05, 0.1) is 0 Å². The highest BCUT2D eigenvalue weighted by Gasteiger charge is 2.40. The maximum Gasteiger partial charge on any atom is 0.123 e. The first-order valence-electron chi connectivity index (χ1n) is 6.86. The average Bonchev–Trinajstić information content (AvgIpc) is 2.87. The fraction of sp³-hybridized carbons (Fsp3) is 0.600. The Bertz CT molecular complexity index is 446. The molecule has 3 rings (SSSR count). The van der Waals surface area contributed by atoms with Crippen molar-refractivity contribution in [1.29, 1.82) is 0 Å². The zero-order valence-electron chi connectivity index (χ0n) is 10.9. The van der Waals surface area contributed by atoms with E-state index in [0.717, 1.165) is 31.1 Å². The number of nitrogens with zero attached hydrogens (tertiary/aromatic N) is 1. The molecule has 2 fully saturated rings. The van der Waals surface area contributed by atoms with Crippen molar-refractivity contribution in [1.82, 2.24) is 4.90 Å². The van der Waals surface area contributed by atoms with Crippen molar-refractivity contribution < 1.29 is 4.39 Å². The van der Waals surface area contributed by atoms with E-state index >= 15 is 0 Å². The lowest BCUT2D eigenvalue weighted by Crippen LogP contribution is -2.30. The zero-order valence-corrected chi connectivity index (χ0v) is 10.9. The summed E-state index contributed by atoms with van der Waals surface area (Å²) < 4.78 is 13.3. The first-order valence-corrected chi connectivity index (χ1v) is 6.86. The molecule has 2 N–H and O–H groups in total. The molecule has 1 aliphatic carbocycles. The molecule has 2 nitrogen and oxygen atoms in total. The molecular formula is C15H21FN2. The van der Waals surface area contributed by atoms with Crippen molar-refractivity contribution in [3.63, 3.8) is 0 Å². The number of hydrogen-bond acceptors (Lipinski definition) is 2. The van der Waals surface area contributed by atoms with E-state index in [-0.39, 0.29) is 5.82 Å². The van der Waals surface area contributed by atoms with Gasteiger partial charge in [-0.25, -0.2) is 4.39 Å². The largest absolute Gasteiger partial charge is 0.327 e. The molecule has 1 saturated carbocycles. The summed E-state index contributed by atoms with van der Waals surface area (Å²) in [6, 6.07) is 5.46. The van der Waals surface area contributed by atoms with Crippen molar-refractivity contribution in [2.24, 2.45) is 17.6 Å². The maximum atomic E-state index is 13.3. The van der Waals surface area contributed by atoms with Gasteiger partial charge in [0.15, 0.2) is 0 Å². The van der Waals surface area contributed by atoms with Crippen LogP contribution in [-0.2, 0) is 6.54 Å². The van der Waals surface area contributed by atoms with Crippen molar-refractivity contribution >= 4 is 0 Å². The Labute approximate surface area is 108 Å². The summed E-state index contributed by atoms with van der Waals surface area (Å²) in [6.45, 7) is 5.14. The summed E-state index contributed by atoms with van der Waals surface area (Å²) in [5.41, 5.74) is 8.44. The van der Waals surface area contributed by atoms with Crippen molar-refractivity contribution in [3.8, 4) is 0 Å². The third-order valence-corrected chi connectivity index (χ3v) is 4.69. The molecule has 0 bridgehead atoms. The van der Waals surface area contributed by atoms with Gasteiger partial charge < -0.3 is 5.73 Å². The molecule has 3 unspecified atom stereocenters. The Morgan fingerprint density at radius 2 is 2.17 bits per heavy atom. The van der Waals surface area contributed by atoms with Gasteiger partial charge >= 0.3 is 0 Å². The summed E-state index contributed by atoms with van der Waals surface area (Å²) in [6.07, 6.45) is 2.45. The predicted molar refractivity (Wildman–Crippen MR) is 70.6 cm³/mol. The molecule has 0 spiro atoms. The van der Waals surface area contributed by atoms with E-state index in [2.05, 4.69) is 11.8 Å². The normalized spacial score (nSPS) is 31.8. The molecule has 3 heteroatoms. The van der Waals surface area contributed by atoms with Crippen molar-refractivity contribution in [3.05, 3.63) is 35.1 Å². The molecule has 0 amide bonds. The van der Waals surface area contributed by atoms with Gasteiger partial charge in [0, 0.05) is 25.7 Å². The first kappa shape index (κ1) is 12.1. The maximum absolute atomic E-state index is 13.3. The third-order valence-electron chi connectivity index (χ3n) is 4.69. The van der Waals surface area contributed by atoms with Crippen LogP contribution in [0.25, 0.3) is 0 Å². The standard InChI is InChI=1S/C15H21FN2/c1-10-2-4-13(16)6-12(10)8-18-7-11-3-5-15(17)14(11)9-18/h2,4,6,11,14-15H,3,5,7-9,17H2,1H3. The second kappa shape index (κ2) is 4.63. The molecule has 1 heterocycles. The lowest BCUT2D eigenvalue weighted by Gasteiger charge is -2.19. The summed E-state index contributed by atoms with van der Waals surface area (Å²) in [4.78, 5) is 2.44. The number of rotatable bonds is 2. The van der Waals surface area contributed by atoms with E-state index < -0.39 is 0 Å². The second-order valence-electron chi connectivity index (χ2n) is 5.93. The molecule has 1 saturated heterocycles. The molecule has 2 aliphatic rings. The Kier molecular flexibility index (Phi) is 3.12. The smallest absolute Gasteiger partial charge is 0.123 e. The summed E-state index contributed by atoms with van der Waals surface area (Å²) in [5, 5.41) is 0. The van der Waals surface area contributed by atoms with Crippen LogP contribution in [0.15, 0.2) is 18.2 Å². The number of likely N-dealkylation sites (tertiary alicyclic amines) is 1. The first-order chi connectivity index (χ1) is 8.63. The van der Waals surface area contributed by atoms with E-state index in [4.69, 9.17) is 5.73 Å². The van der Waals surface area contributed by atoms with Crippen molar-refractivity contribution in [2.45, 2.75) is 32.4 Å². The number of fused-ring (bicyclic) bond motifs is 1. The van der Waals surface area contributed by atoms with Gasteiger partial charge in [-0.1, -0.05) is 6.07 Å². The van der Waals surface area contributed by atoms with Crippen LogP contribution in [0.1, 0.15) is 24.0 Å². The fourth-order valence-corrected chi connectivity index (χ4v) is 3.58. The van der Waals surface area contributed by atoms with Gasteiger partial charge in [-0.15, -0.1) is 0 Å². The van der Waals surface area contributed by atoms with E-state index in [9.17, 15) is 4.39 Å². The summed E-state index contributed by atoms with van der Waals surface area (Å²) in [5.74, 6) is 1.31. The number of nitrogens with two attached hydrogens (primary N) is 1. The van der Waals surface area contributed by atoms with E-state index in [0.29, 0.717) is 12.0 Å². The van der Waals surface area contributed by atoms with Crippen LogP contribution in [0.4, 0.5) is 4.39 Å². The highest BCUT2D eigenvalue weighted by atomic mass is 19.1. The molecule has 0 radical (unpaired) electrons. The lowest BCUT2D eigenvalue weighted by molar-refractivity contribution is 0.297. The van der Waals surface area contributed by atoms with E-state index in [1.807, 2.05) is 6.07 Å². The van der Waals surface area contributed by atoms with E-state index in [1.54, 1.807) is 6.07 Å². The van der Waals surface area contributed by atoms with Crippen LogP contribution in [0.2, 0.25) is 0 Å². The highest BCUT2D eigenvalue weighted by Crippen LogP contribution is 2.37. The number of benzene rings is 1.